The molecule has 0 saturated carbocycles. The van der Waals surface area contributed by atoms with Crippen LogP contribution in [0.3, 0.4) is 0 Å². The number of nitrogens with one attached hydrogen (secondary N) is 1. The second-order valence-electron chi connectivity index (χ2n) is 5.38. The van der Waals surface area contributed by atoms with Crippen LogP contribution in [0.1, 0.15) is 40.5 Å². The van der Waals surface area contributed by atoms with E-state index >= 15 is 0 Å². The Morgan fingerprint density at radius 3 is 2.67 bits per heavy atom. The number of carbonyl (C=O) groups is 1. The molecule has 0 radical (unpaired) electrons. The minimum absolute atomic E-state index is 0.158. The van der Waals surface area contributed by atoms with Gasteiger partial charge in [0.2, 0.25) is 5.91 Å². The fourth-order valence-electron chi connectivity index (χ4n) is 2.02. The fourth-order valence-corrected chi connectivity index (χ4v) is 2.02. The first-order valence-electron chi connectivity index (χ1n) is 5.97. The van der Waals surface area contributed by atoms with Crippen molar-refractivity contribution in [2.75, 3.05) is 19.6 Å². The van der Waals surface area contributed by atoms with Crippen molar-refractivity contribution in [2.24, 2.45) is 5.41 Å². The lowest BCUT2D eigenvalue weighted by atomic mass is 9.95. The van der Waals surface area contributed by atoms with Crippen LogP contribution in [0.2, 0.25) is 0 Å². The molecule has 1 aliphatic rings. The normalized spacial score (nSPS) is 23.1. The third kappa shape index (κ3) is 3.49. The maximum atomic E-state index is 11.7. The maximum Gasteiger partial charge on any atom is 0.225 e. The molecule has 0 aromatic rings. The summed E-state index contributed by atoms with van der Waals surface area (Å²) < 4.78 is 0. The number of carbonyl (C=O) groups excluding carboxylic acids is 1. The molecule has 0 aliphatic carbocycles. The second-order valence-corrected chi connectivity index (χ2v) is 5.38. The van der Waals surface area contributed by atoms with Gasteiger partial charge in [-0.25, -0.2) is 0 Å². The van der Waals surface area contributed by atoms with E-state index in [0.717, 1.165) is 13.1 Å². The Bertz CT molecular complexity index is 220. The summed E-state index contributed by atoms with van der Waals surface area (Å²) in [4.78, 5) is 14.1. The predicted molar refractivity (Wildman–Crippen MR) is 62.7 cm³/mol. The number of hydrogen-bond acceptors (Lipinski definition) is 2. The highest BCUT2D eigenvalue weighted by molar-refractivity contribution is 5.81. The lowest BCUT2D eigenvalue weighted by Crippen LogP contribution is -2.43. The molecule has 1 N–H and O–H groups in total. The number of likely N-dealkylation sites (N-methyl/N-ethyl adjacent to an activating group) is 1. The molecule has 3 nitrogen and oxygen atoms in total. The van der Waals surface area contributed by atoms with Crippen molar-refractivity contribution in [3.8, 4) is 0 Å². The Morgan fingerprint density at radius 2 is 2.13 bits per heavy atom. The Hall–Kier alpha value is -0.570. The van der Waals surface area contributed by atoms with Gasteiger partial charge in [0.1, 0.15) is 0 Å². The van der Waals surface area contributed by atoms with Crippen molar-refractivity contribution in [1.82, 2.24) is 10.2 Å². The van der Waals surface area contributed by atoms with E-state index in [2.05, 4.69) is 17.1 Å². The first kappa shape index (κ1) is 12.5. The largest absolute Gasteiger partial charge is 0.354 e. The summed E-state index contributed by atoms with van der Waals surface area (Å²) in [6.45, 7) is 11.1. The van der Waals surface area contributed by atoms with E-state index in [-0.39, 0.29) is 11.3 Å². The minimum atomic E-state index is -0.268. The molecule has 1 aliphatic heterocycles. The minimum Gasteiger partial charge on any atom is -0.354 e. The average molecular weight is 212 g/mol. The quantitative estimate of drug-likeness (QED) is 0.771. The van der Waals surface area contributed by atoms with E-state index in [4.69, 9.17) is 0 Å². The van der Waals surface area contributed by atoms with Crippen molar-refractivity contribution in [3.05, 3.63) is 0 Å². The fraction of sp³-hybridized carbons (Fsp3) is 0.917. The van der Waals surface area contributed by atoms with Crippen LogP contribution in [0.25, 0.3) is 0 Å². The van der Waals surface area contributed by atoms with Crippen LogP contribution in [0.5, 0.6) is 0 Å². The summed E-state index contributed by atoms with van der Waals surface area (Å²) in [7, 11) is 0. The van der Waals surface area contributed by atoms with Gasteiger partial charge in [-0.2, -0.15) is 0 Å². The summed E-state index contributed by atoms with van der Waals surface area (Å²) in [6.07, 6.45) is 2.49. The van der Waals surface area contributed by atoms with E-state index < -0.39 is 0 Å². The first-order valence-corrected chi connectivity index (χ1v) is 5.97. The van der Waals surface area contributed by atoms with Crippen LogP contribution in [0.4, 0.5) is 0 Å². The lowest BCUT2D eigenvalue weighted by molar-refractivity contribution is -0.128. The van der Waals surface area contributed by atoms with Crippen molar-refractivity contribution in [3.63, 3.8) is 0 Å². The molecule has 1 fully saturated rings. The number of nitrogens with zero attached hydrogens (tertiary/aromatic N) is 1. The molecule has 1 heterocycles. The molecular formula is C12H24N2O. The third-order valence-electron chi connectivity index (χ3n) is 3.08. The summed E-state index contributed by atoms with van der Waals surface area (Å²) in [5.41, 5.74) is -0.268. The van der Waals surface area contributed by atoms with Crippen LogP contribution in [0.15, 0.2) is 0 Å². The van der Waals surface area contributed by atoms with E-state index in [0.29, 0.717) is 6.04 Å². The van der Waals surface area contributed by atoms with Crippen molar-refractivity contribution in [1.29, 1.82) is 0 Å². The molecule has 1 atom stereocenters. The van der Waals surface area contributed by atoms with Crippen molar-refractivity contribution < 1.29 is 4.79 Å². The third-order valence-corrected chi connectivity index (χ3v) is 3.08. The first-order chi connectivity index (χ1) is 6.95. The summed E-state index contributed by atoms with van der Waals surface area (Å²) in [6, 6.07) is 0.557. The summed E-state index contributed by atoms with van der Waals surface area (Å²) in [5.74, 6) is 0.158. The molecular weight excluding hydrogens is 188 g/mol. The van der Waals surface area contributed by atoms with Gasteiger partial charge in [0.05, 0.1) is 0 Å². The molecule has 1 saturated heterocycles. The number of likely N-dealkylation sites (tertiary alicyclic amines) is 1. The van der Waals surface area contributed by atoms with Crippen molar-refractivity contribution in [2.45, 2.75) is 46.6 Å². The highest BCUT2D eigenvalue weighted by atomic mass is 16.2. The van der Waals surface area contributed by atoms with Gasteiger partial charge in [0.25, 0.3) is 0 Å². The Kier molecular flexibility index (Phi) is 4.14. The number of hydrogen-bond donors (Lipinski definition) is 1. The molecule has 1 amide bonds. The standard InChI is InChI=1S/C12H24N2O/c1-5-14-8-6-7-10(14)9-13-11(15)12(2,3)4/h10H,5-9H2,1-4H3,(H,13,15). The molecule has 1 unspecified atom stereocenters. The van der Waals surface area contributed by atoms with Crippen molar-refractivity contribution >= 4 is 5.91 Å². The highest BCUT2D eigenvalue weighted by Crippen LogP contribution is 2.17. The van der Waals surface area contributed by atoms with Crippen LogP contribution in [-0.4, -0.2) is 36.5 Å². The van der Waals surface area contributed by atoms with E-state index in [1.807, 2.05) is 20.8 Å². The molecule has 1 rings (SSSR count). The van der Waals surface area contributed by atoms with Gasteiger partial charge in [-0.1, -0.05) is 27.7 Å². The van der Waals surface area contributed by atoms with E-state index in [1.54, 1.807) is 0 Å². The topological polar surface area (TPSA) is 32.3 Å². The van der Waals surface area contributed by atoms with Crippen LogP contribution in [-0.2, 0) is 4.79 Å². The second kappa shape index (κ2) is 4.97. The zero-order chi connectivity index (χ0) is 11.5. The highest BCUT2D eigenvalue weighted by Gasteiger charge is 2.26. The Labute approximate surface area is 93.2 Å². The van der Waals surface area contributed by atoms with Gasteiger partial charge in [-0.05, 0) is 25.9 Å². The van der Waals surface area contributed by atoms with E-state index in [9.17, 15) is 4.79 Å². The van der Waals surface area contributed by atoms with Gasteiger partial charge >= 0.3 is 0 Å². The maximum absolute atomic E-state index is 11.7. The predicted octanol–water partition coefficient (Wildman–Crippen LogP) is 1.63. The van der Waals surface area contributed by atoms with Gasteiger partial charge in [-0.3, -0.25) is 9.69 Å². The van der Waals surface area contributed by atoms with Gasteiger partial charge in [0, 0.05) is 18.0 Å². The van der Waals surface area contributed by atoms with Gasteiger partial charge in [0.15, 0.2) is 0 Å². The molecule has 3 heteroatoms. The lowest BCUT2D eigenvalue weighted by Gasteiger charge is -2.25. The molecule has 0 aromatic heterocycles. The summed E-state index contributed by atoms with van der Waals surface area (Å²) >= 11 is 0. The number of rotatable bonds is 3. The molecule has 0 bridgehead atoms. The van der Waals surface area contributed by atoms with E-state index in [1.165, 1.54) is 19.4 Å². The molecule has 0 aromatic carbocycles. The van der Waals surface area contributed by atoms with Crippen LogP contribution < -0.4 is 5.32 Å². The monoisotopic (exact) mass is 212 g/mol. The van der Waals surface area contributed by atoms with Gasteiger partial charge < -0.3 is 5.32 Å². The molecule has 0 spiro atoms. The molecule has 88 valence electrons. The van der Waals surface area contributed by atoms with Gasteiger partial charge in [-0.15, -0.1) is 0 Å². The Balaban J connectivity index is 2.34. The van der Waals surface area contributed by atoms with Crippen LogP contribution in [0, 0.1) is 5.41 Å². The molecule has 15 heavy (non-hydrogen) atoms. The Morgan fingerprint density at radius 1 is 1.47 bits per heavy atom. The smallest absolute Gasteiger partial charge is 0.225 e. The summed E-state index contributed by atoms with van der Waals surface area (Å²) in [5, 5.41) is 3.05. The average Bonchev–Trinajstić information content (AvgIpc) is 2.59. The van der Waals surface area contributed by atoms with Crippen LogP contribution >= 0.6 is 0 Å². The number of amides is 1. The SMILES string of the molecule is CCN1CCCC1CNC(=O)C(C)(C)C. The zero-order valence-electron chi connectivity index (χ0n) is 10.5. The zero-order valence-corrected chi connectivity index (χ0v) is 10.5.